The third kappa shape index (κ3) is 3.78. The minimum absolute atomic E-state index is 0.154. The van der Waals surface area contributed by atoms with Crippen molar-refractivity contribution < 1.29 is 9.90 Å². The van der Waals surface area contributed by atoms with Crippen LogP contribution in [0.2, 0.25) is 0 Å². The summed E-state index contributed by atoms with van der Waals surface area (Å²) in [5, 5.41) is 19.0. The summed E-state index contributed by atoms with van der Waals surface area (Å²) in [7, 11) is 0. The minimum Gasteiger partial charge on any atom is -0.384 e. The third-order valence-corrected chi connectivity index (χ3v) is 3.24. The zero-order valence-electron chi connectivity index (χ0n) is 10.3. The normalized spacial score (nSPS) is 9.65. The van der Waals surface area contributed by atoms with Crippen molar-refractivity contribution in [2.45, 2.75) is 6.54 Å². The highest BCUT2D eigenvalue weighted by Gasteiger charge is 2.07. The second-order valence-electron chi connectivity index (χ2n) is 3.75. The molecular formula is C13H11N3O3S. The smallest absolute Gasteiger partial charge is 0.272 e. The predicted octanol–water partition coefficient (Wildman–Crippen LogP) is 0.105. The van der Waals surface area contributed by atoms with E-state index >= 15 is 0 Å². The summed E-state index contributed by atoms with van der Waals surface area (Å²) in [6, 6.07) is 4.45. The van der Waals surface area contributed by atoms with E-state index in [1.165, 1.54) is 23.5 Å². The van der Waals surface area contributed by atoms with Crippen molar-refractivity contribution in [1.82, 2.24) is 15.5 Å². The SMILES string of the molecule is O=C(NCc1cc(C#CCO)cs1)c1ccc(=O)[nH]n1. The Morgan fingerprint density at radius 3 is 3.05 bits per heavy atom. The van der Waals surface area contributed by atoms with Crippen LogP contribution in [0.4, 0.5) is 0 Å². The Morgan fingerprint density at radius 2 is 2.35 bits per heavy atom. The van der Waals surface area contributed by atoms with E-state index in [0.717, 1.165) is 10.4 Å². The van der Waals surface area contributed by atoms with E-state index in [-0.39, 0.29) is 23.8 Å². The number of H-pyrrole nitrogens is 1. The zero-order valence-corrected chi connectivity index (χ0v) is 11.2. The molecule has 0 aromatic carbocycles. The van der Waals surface area contributed by atoms with Crippen LogP contribution in [0.25, 0.3) is 0 Å². The molecule has 1 amide bonds. The molecule has 0 atom stereocenters. The molecule has 2 aromatic rings. The number of aliphatic hydroxyl groups is 1. The van der Waals surface area contributed by atoms with E-state index in [4.69, 9.17) is 5.11 Å². The lowest BCUT2D eigenvalue weighted by atomic mass is 10.3. The average molecular weight is 289 g/mol. The van der Waals surface area contributed by atoms with E-state index in [1.54, 1.807) is 0 Å². The second kappa shape index (κ2) is 6.65. The molecule has 2 rings (SSSR count). The molecular weight excluding hydrogens is 278 g/mol. The molecule has 0 spiro atoms. The van der Waals surface area contributed by atoms with Crippen molar-refractivity contribution in [1.29, 1.82) is 0 Å². The summed E-state index contributed by atoms with van der Waals surface area (Å²) in [5.41, 5.74) is 0.601. The fourth-order valence-electron chi connectivity index (χ4n) is 1.41. The van der Waals surface area contributed by atoms with Gasteiger partial charge in [-0.3, -0.25) is 9.59 Å². The molecule has 102 valence electrons. The maximum absolute atomic E-state index is 11.8. The van der Waals surface area contributed by atoms with Gasteiger partial charge in [-0.05, 0) is 12.1 Å². The lowest BCUT2D eigenvalue weighted by Gasteiger charge is -2.01. The van der Waals surface area contributed by atoms with E-state index < -0.39 is 0 Å². The van der Waals surface area contributed by atoms with Crippen LogP contribution in [-0.4, -0.2) is 27.8 Å². The first-order valence-corrected chi connectivity index (χ1v) is 6.58. The Hall–Kier alpha value is -2.43. The van der Waals surface area contributed by atoms with Crippen LogP contribution >= 0.6 is 11.3 Å². The van der Waals surface area contributed by atoms with Gasteiger partial charge in [0.05, 0.1) is 6.54 Å². The van der Waals surface area contributed by atoms with E-state index in [2.05, 4.69) is 27.4 Å². The van der Waals surface area contributed by atoms with Gasteiger partial charge in [0.25, 0.3) is 11.5 Å². The third-order valence-electron chi connectivity index (χ3n) is 2.30. The molecule has 0 aliphatic carbocycles. The number of hydrogen-bond acceptors (Lipinski definition) is 5. The van der Waals surface area contributed by atoms with Crippen LogP contribution in [0, 0.1) is 11.8 Å². The standard InChI is InChI=1S/C13H11N3O3S/c17-5-1-2-9-6-10(20-8-9)7-14-13(19)11-3-4-12(18)16-15-11/h3-4,6,8,17H,5,7H2,(H,14,19)(H,16,18). The van der Waals surface area contributed by atoms with E-state index in [1.807, 2.05) is 11.4 Å². The topological polar surface area (TPSA) is 95.1 Å². The number of amides is 1. The van der Waals surface area contributed by atoms with Crippen LogP contribution < -0.4 is 10.9 Å². The number of thiophene rings is 1. The van der Waals surface area contributed by atoms with E-state index in [9.17, 15) is 9.59 Å². The summed E-state index contributed by atoms with van der Waals surface area (Å²) >= 11 is 1.46. The van der Waals surface area contributed by atoms with Crippen molar-refractivity contribution in [2.75, 3.05) is 6.61 Å². The molecule has 3 N–H and O–H groups in total. The Morgan fingerprint density at radius 1 is 1.50 bits per heavy atom. The summed E-state index contributed by atoms with van der Waals surface area (Å²) in [4.78, 5) is 23.5. The first-order valence-electron chi connectivity index (χ1n) is 5.70. The largest absolute Gasteiger partial charge is 0.384 e. The molecule has 6 nitrogen and oxygen atoms in total. The molecule has 0 radical (unpaired) electrons. The number of carbonyl (C=O) groups excluding carboxylic acids is 1. The van der Waals surface area contributed by atoms with Gasteiger partial charge in [0.2, 0.25) is 0 Å². The van der Waals surface area contributed by atoms with Gasteiger partial charge in [-0.2, -0.15) is 5.10 Å². The molecule has 2 aromatic heterocycles. The fourth-order valence-corrected chi connectivity index (χ4v) is 2.17. The van der Waals surface area contributed by atoms with Gasteiger partial charge in [0, 0.05) is 21.9 Å². The van der Waals surface area contributed by atoms with Gasteiger partial charge in [-0.15, -0.1) is 11.3 Å². The van der Waals surface area contributed by atoms with Crippen molar-refractivity contribution >= 4 is 17.2 Å². The summed E-state index contributed by atoms with van der Waals surface area (Å²) in [5.74, 6) is 4.98. The van der Waals surface area contributed by atoms with Gasteiger partial charge < -0.3 is 10.4 Å². The monoisotopic (exact) mass is 289 g/mol. The van der Waals surface area contributed by atoms with E-state index in [0.29, 0.717) is 6.54 Å². The molecule has 0 bridgehead atoms. The lowest BCUT2D eigenvalue weighted by Crippen LogP contribution is -2.24. The number of aromatic amines is 1. The predicted molar refractivity (Wildman–Crippen MR) is 74.3 cm³/mol. The number of aliphatic hydroxyl groups excluding tert-OH is 1. The highest BCUT2D eigenvalue weighted by atomic mass is 32.1. The summed E-state index contributed by atoms with van der Waals surface area (Å²) in [6.07, 6.45) is 0. The van der Waals surface area contributed by atoms with Crippen molar-refractivity contribution in [3.8, 4) is 11.8 Å². The lowest BCUT2D eigenvalue weighted by molar-refractivity contribution is 0.0945. The van der Waals surface area contributed by atoms with Crippen LogP contribution in [0.5, 0.6) is 0 Å². The zero-order chi connectivity index (χ0) is 14.4. The Labute approximate surface area is 118 Å². The quantitative estimate of drug-likeness (QED) is 0.699. The molecule has 20 heavy (non-hydrogen) atoms. The van der Waals surface area contributed by atoms with Gasteiger partial charge in [-0.1, -0.05) is 11.8 Å². The van der Waals surface area contributed by atoms with Crippen LogP contribution in [0.15, 0.2) is 28.4 Å². The highest BCUT2D eigenvalue weighted by Crippen LogP contribution is 2.13. The number of carbonyl (C=O) groups is 1. The van der Waals surface area contributed by atoms with Crippen molar-refractivity contribution in [3.05, 3.63) is 50.1 Å². The average Bonchev–Trinajstić information content (AvgIpc) is 2.91. The maximum atomic E-state index is 11.8. The van der Waals surface area contributed by atoms with Gasteiger partial charge in [-0.25, -0.2) is 5.10 Å². The van der Waals surface area contributed by atoms with Crippen LogP contribution in [0.1, 0.15) is 20.9 Å². The molecule has 0 saturated carbocycles. The maximum Gasteiger partial charge on any atom is 0.272 e. The van der Waals surface area contributed by atoms with Crippen LogP contribution in [-0.2, 0) is 6.54 Å². The van der Waals surface area contributed by atoms with Gasteiger partial charge in [0.15, 0.2) is 0 Å². The number of aromatic nitrogens is 2. The fraction of sp³-hybridized carbons (Fsp3) is 0.154. The number of rotatable bonds is 3. The molecule has 0 aliphatic rings. The Kier molecular flexibility index (Phi) is 4.65. The summed E-state index contributed by atoms with van der Waals surface area (Å²) in [6.45, 7) is 0.172. The summed E-state index contributed by atoms with van der Waals surface area (Å²) < 4.78 is 0. The van der Waals surface area contributed by atoms with Crippen molar-refractivity contribution in [2.24, 2.45) is 0 Å². The molecule has 2 heterocycles. The van der Waals surface area contributed by atoms with Gasteiger partial charge in [0.1, 0.15) is 12.3 Å². The molecule has 0 saturated heterocycles. The second-order valence-corrected chi connectivity index (χ2v) is 4.75. The number of hydrogen-bond donors (Lipinski definition) is 3. The Bertz CT molecular complexity index is 704. The first-order chi connectivity index (χ1) is 9.69. The first kappa shape index (κ1) is 14.0. The number of nitrogens with one attached hydrogen (secondary N) is 2. The number of nitrogens with zero attached hydrogens (tertiary/aromatic N) is 1. The molecule has 7 heteroatoms. The molecule has 0 unspecified atom stereocenters. The minimum atomic E-state index is -0.363. The molecule has 0 fully saturated rings. The van der Waals surface area contributed by atoms with Crippen LogP contribution in [0.3, 0.4) is 0 Å². The van der Waals surface area contributed by atoms with Crippen molar-refractivity contribution in [3.63, 3.8) is 0 Å². The molecule has 0 aliphatic heterocycles. The van der Waals surface area contributed by atoms with Gasteiger partial charge >= 0.3 is 0 Å². The highest BCUT2D eigenvalue weighted by molar-refractivity contribution is 7.10. The Balaban J connectivity index is 1.94.